The standard InChI is InChI=1S/C18H20N6O2S/c1-12-5-3-4-6-14(12)11-27-18-23-22-17(24(18)19)21-20-10-13-7-8-16(26-2)15(25)9-13/h3-10,25H,11,19H2,1-2H3,(H,21,22)/b20-10+. The van der Waals surface area contributed by atoms with Gasteiger partial charge in [-0.05, 0) is 41.8 Å². The van der Waals surface area contributed by atoms with Crippen LogP contribution in [0.15, 0.2) is 52.7 Å². The Labute approximate surface area is 161 Å². The van der Waals surface area contributed by atoms with Crippen molar-refractivity contribution in [3.05, 3.63) is 59.2 Å². The van der Waals surface area contributed by atoms with Gasteiger partial charge in [0.15, 0.2) is 11.5 Å². The van der Waals surface area contributed by atoms with Crippen molar-refractivity contribution >= 4 is 23.9 Å². The van der Waals surface area contributed by atoms with E-state index in [1.807, 2.05) is 12.1 Å². The van der Waals surface area contributed by atoms with Crippen molar-refractivity contribution in [1.29, 1.82) is 0 Å². The molecule has 3 aromatic rings. The van der Waals surface area contributed by atoms with Crippen molar-refractivity contribution in [1.82, 2.24) is 14.9 Å². The summed E-state index contributed by atoms with van der Waals surface area (Å²) in [6, 6.07) is 13.1. The van der Waals surface area contributed by atoms with E-state index in [1.165, 1.54) is 40.9 Å². The summed E-state index contributed by atoms with van der Waals surface area (Å²) in [4.78, 5) is 0. The minimum absolute atomic E-state index is 0.0401. The number of nitrogens with one attached hydrogen (secondary N) is 1. The van der Waals surface area contributed by atoms with E-state index in [0.717, 1.165) is 5.75 Å². The lowest BCUT2D eigenvalue weighted by Gasteiger charge is -2.05. The minimum atomic E-state index is 0.0401. The predicted molar refractivity (Wildman–Crippen MR) is 107 cm³/mol. The molecule has 1 aromatic heterocycles. The molecule has 0 bridgehead atoms. The number of aromatic nitrogens is 3. The molecular weight excluding hydrogens is 364 g/mol. The maximum Gasteiger partial charge on any atom is 0.264 e. The average Bonchev–Trinajstić information content (AvgIpc) is 3.01. The van der Waals surface area contributed by atoms with Crippen LogP contribution in [0.2, 0.25) is 0 Å². The molecule has 3 rings (SSSR count). The lowest BCUT2D eigenvalue weighted by atomic mass is 10.1. The Hall–Kier alpha value is -3.20. The number of hydrazone groups is 1. The Morgan fingerprint density at radius 3 is 2.85 bits per heavy atom. The summed E-state index contributed by atoms with van der Waals surface area (Å²) in [5.41, 5.74) is 5.88. The van der Waals surface area contributed by atoms with Gasteiger partial charge in [0.25, 0.3) is 5.95 Å². The second-order valence-electron chi connectivity index (χ2n) is 5.69. The zero-order valence-electron chi connectivity index (χ0n) is 15.0. The van der Waals surface area contributed by atoms with Gasteiger partial charge in [0, 0.05) is 5.75 Å². The number of ether oxygens (including phenoxy) is 1. The number of phenols is 1. The smallest absolute Gasteiger partial charge is 0.264 e. The van der Waals surface area contributed by atoms with E-state index < -0.39 is 0 Å². The van der Waals surface area contributed by atoms with Crippen molar-refractivity contribution in [2.24, 2.45) is 5.10 Å². The monoisotopic (exact) mass is 384 g/mol. The highest BCUT2D eigenvalue weighted by atomic mass is 32.2. The molecule has 140 valence electrons. The quantitative estimate of drug-likeness (QED) is 0.249. The second kappa shape index (κ2) is 8.45. The average molecular weight is 384 g/mol. The van der Waals surface area contributed by atoms with E-state index in [9.17, 15) is 5.11 Å². The maximum atomic E-state index is 9.77. The molecule has 0 aliphatic rings. The van der Waals surface area contributed by atoms with Crippen molar-refractivity contribution in [2.45, 2.75) is 17.8 Å². The summed E-state index contributed by atoms with van der Waals surface area (Å²) < 4.78 is 6.36. The van der Waals surface area contributed by atoms with E-state index in [0.29, 0.717) is 22.4 Å². The first-order valence-corrected chi connectivity index (χ1v) is 9.11. The van der Waals surface area contributed by atoms with Gasteiger partial charge in [0.2, 0.25) is 5.16 Å². The lowest BCUT2D eigenvalue weighted by molar-refractivity contribution is 0.373. The van der Waals surface area contributed by atoms with Crippen molar-refractivity contribution in [3.63, 3.8) is 0 Å². The number of benzene rings is 2. The van der Waals surface area contributed by atoms with Crippen molar-refractivity contribution in [3.8, 4) is 11.5 Å². The van der Waals surface area contributed by atoms with E-state index in [2.05, 4.69) is 39.8 Å². The summed E-state index contributed by atoms with van der Waals surface area (Å²) in [6.45, 7) is 2.07. The Kier molecular flexibility index (Phi) is 5.82. The number of aromatic hydroxyl groups is 1. The van der Waals surface area contributed by atoms with Gasteiger partial charge in [0.05, 0.1) is 13.3 Å². The highest BCUT2D eigenvalue weighted by molar-refractivity contribution is 7.98. The van der Waals surface area contributed by atoms with E-state index in [-0.39, 0.29) is 5.75 Å². The summed E-state index contributed by atoms with van der Waals surface area (Å²) in [7, 11) is 1.49. The fourth-order valence-corrected chi connectivity index (χ4v) is 3.25. The molecule has 0 atom stereocenters. The van der Waals surface area contributed by atoms with E-state index >= 15 is 0 Å². The zero-order valence-corrected chi connectivity index (χ0v) is 15.8. The molecule has 2 aromatic carbocycles. The molecule has 8 nitrogen and oxygen atoms in total. The van der Waals surface area contributed by atoms with E-state index in [1.54, 1.807) is 18.2 Å². The number of aryl methyl sites for hydroxylation is 1. The molecule has 0 spiro atoms. The number of thioether (sulfide) groups is 1. The Morgan fingerprint density at radius 1 is 1.30 bits per heavy atom. The molecule has 1 heterocycles. The molecule has 0 saturated carbocycles. The number of hydrogen-bond acceptors (Lipinski definition) is 8. The first-order valence-electron chi connectivity index (χ1n) is 8.12. The van der Waals surface area contributed by atoms with Crippen LogP contribution in [0, 0.1) is 6.92 Å². The number of nitrogens with two attached hydrogens (primary N) is 1. The summed E-state index contributed by atoms with van der Waals surface area (Å²) in [6.07, 6.45) is 1.54. The second-order valence-corrected chi connectivity index (χ2v) is 6.64. The number of rotatable bonds is 7. The summed E-state index contributed by atoms with van der Waals surface area (Å²) in [5, 5.41) is 22.5. The number of nitrogens with zero attached hydrogens (tertiary/aromatic N) is 4. The van der Waals surface area contributed by atoms with Crippen LogP contribution >= 0.6 is 11.8 Å². The fourth-order valence-electron chi connectivity index (χ4n) is 2.32. The van der Waals surface area contributed by atoms with Crippen molar-refractivity contribution in [2.75, 3.05) is 18.4 Å². The lowest BCUT2D eigenvalue weighted by Crippen LogP contribution is -2.13. The molecule has 0 unspecified atom stereocenters. The number of hydrogen-bond donors (Lipinski definition) is 3. The van der Waals surface area contributed by atoms with E-state index in [4.69, 9.17) is 10.6 Å². The van der Waals surface area contributed by atoms with Gasteiger partial charge < -0.3 is 15.7 Å². The van der Waals surface area contributed by atoms with Gasteiger partial charge in [-0.25, -0.2) is 10.1 Å². The number of methoxy groups -OCH3 is 1. The topological polar surface area (TPSA) is 111 Å². The van der Waals surface area contributed by atoms with Crippen molar-refractivity contribution < 1.29 is 9.84 Å². The largest absolute Gasteiger partial charge is 0.504 e. The van der Waals surface area contributed by atoms with Crippen LogP contribution in [-0.2, 0) is 5.75 Å². The van der Waals surface area contributed by atoms with Gasteiger partial charge in [-0.2, -0.15) is 5.10 Å². The number of phenolic OH excluding ortho intramolecular Hbond substituents is 1. The number of nitrogen functional groups attached to an aromatic ring is 1. The zero-order chi connectivity index (χ0) is 19.2. The van der Waals surface area contributed by atoms with Gasteiger partial charge in [-0.3, -0.25) is 0 Å². The SMILES string of the molecule is COc1ccc(/C=N/Nc2nnc(SCc3ccccc3C)n2N)cc1O. The highest BCUT2D eigenvalue weighted by Gasteiger charge is 2.10. The molecule has 0 radical (unpaired) electrons. The molecule has 9 heteroatoms. The Morgan fingerprint density at radius 2 is 2.11 bits per heavy atom. The molecule has 0 saturated heterocycles. The first kappa shape index (κ1) is 18.6. The minimum Gasteiger partial charge on any atom is -0.504 e. The van der Waals surface area contributed by atoms with Crippen LogP contribution in [0.25, 0.3) is 0 Å². The third-order valence-corrected chi connectivity index (χ3v) is 4.86. The third-order valence-electron chi connectivity index (χ3n) is 3.86. The summed E-state index contributed by atoms with van der Waals surface area (Å²) in [5.74, 6) is 7.53. The molecule has 0 aliphatic heterocycles. The predicted octanol–water partition coefficient (Wildman–Crippen LogP) is 2.75. The maximum absolute atomic E-state index is 9.77. The van der Waals surface area contributed by atoms with Crippen LogP contribution in [-0.4, -0.2) is 33.3 Å². The van der Waals surface area contributed by atoms with Gasteiger partial charge in [-0.1, -0.05) is 36.0 Å². The van der Waals surface area contributed by atoms with Gasteiger partial charge in [-0.15, -0.1) is 10.2 Å². The highest BCUT2D eigenvalue weighted by Crippen LogP contribution is 2.26. The Balaban J connectivity index is 1.62. The third kappa shape index (κ3) is 4.50. The van der Waals surface area contributed by atoms with Crippen LogP contribution in [0.1, 0.15) is 16.7 Å². The molecule has 0 amide bonds. The molecular formula is C18H20N6O2S. The van der Waals surface area contributed by atoms with Crippen LogP contribution in [0.3, 0.4) is 0 Å². The normalized spacial score (nSPS) is 11.0. The molecule has 27 heavy (non-hydrogen) atoms. The first-order chi connectivity index (χ1) is 13.1. The van der Waals surface area contributed by atoms with Crippen LogP contribution in [0.4, 0.5) is 5.95 Å². The van der Waals surface area contributed by atoms with Gasteiger partial charge >= 0.3 is 0 Å². The van der Waals surface area contributed by atoms with Crippen LogP contribution in [0.5, 0.6) is 11.5 Å². The fraction of sp³-hybridized carbons (Fsp3) is 0.167. The summed E-state index contributed by atoms with van der Waals surface area (Å²) >= 11 is 1.50. The van der Waals surface area contributed by atoms with Gasteiger partial charge in [0.1, 0.15) is 0 Å². The molecule has 0 fully saturated rings. The number of anilines is 1. The molecule has 0 aliphatic carbocycles. The molecule has 4 N–H and O–H groups in total. The van der Waals surface area contributed by atoms with Crippen LogP contribution < -0.4 is 16.0 Å². The Bertz CT molecular complexity index is 957.